The van der Waals surface area contributed by atoms with Gasteiger partial charge in [0.1, 0.15) is 0 Å². The van der Waals surface area contributed by atoms with E-state index in [1.807, 2.05) is 18.2 Å². The molecule has 4 rings (SSSR count). The molecule has 2 fully saturated rings. The SMILES string of the molecule is O=C(CC1CCCCCC1)Nc1cccc2c(=O)n(C3CCN(C(=O)O)CC3)ccc12. The number of fused-ring (bicyclic) bond motifs is 1. The minimum Gasteiger partial charge on any atom is -0.465 e. The molecule has 166 valence electrons. The summed E-state index contributed by atoms with van der Waals surface area (Å²) in [5.41, 5.74) is 0.590. The van der Waals surface area contributed by atoms with Crippen LogP contribution < -0.4 is 10.9 Å². The van der Waals surface area contributed by atoms with Crippen molar-refractivity contribution in [3.05, 3.63) is 40.8 Å². The van der Waals surface area contributed by atoms with Crippen molar-refractivity contribution in [1.29, 1.82) is 0 Å². The van der Waals surface area contributed by atoms with E-state index in [9.17, 15) is 14.4 Å². The van der Waals surface area contributed by atoms with Gasteiger partial charge in [0.15, 0.2) is 0 Å². The molecular formula is C24H31N3O4. The number of rotatable bonds is 4. The number of piperidine rings is 1. The van der Waals surface area contributed by atoms with Crippen LogP contribution in [-0.4, -0.2) is 39.7 Å². The van der Waals surface area contributed by atoms with Gasteiger partial charge >= 0.3 is 6.09 Å². The predicted octanol–water partition coefficient (Wildman–Crippen LogP) is 4.62. The Labute approximate surface area is 182 Å². The van der Waals surface area contributed by atoms with E-state index >= 15 is 0 Å². The summed E-state index contributed by atoms with van der Waals surface area (Å²) in [5, 5.41) is 13.5. The van der Waals surface area contributed by atoms with E-state index < -0.39 is 6.09 Å². The molecule has 2 heterocycles. The highest BCUT2D eigenvalue weighted by Gasteiger charge is 2.24. The van der Waals surface area contributed by atoms with Gasteiger partial charge in [0.05, 0.1) is 0 Å². The normalized spacial score (nSPS) is 18.6. The zero-order chi connectivity index (χ0) is 21.8. The van der Waals surface area contributed by atoms with Gasteiger partial charge in [0.2, 0.25) is 5.91 Å². The minimum absolute atomic E-state index is 0.0130. The lowest BCUT2D eigenvalue weighted by molar-refractivity contribution is -0.117. The number of carboxylic acid groups (broad SMARTS) is 1. The molecule has 2 N–H and O–H groups in total. The third-order valence-corrected chi connectivity index (χ3v) is 6.82. The van der Waals surface area contributed by atoms with Crippen LogP contribution in [0.25, 0.3) is 10.8 Å². The van der Waals surface area contributed by atoms with E-state index in [0.717, 1.165) is 18.2 Å². The highest BCUT2D eigenvalue weighted by Crippen LogP contribution is 2.28. The first-order valence-electron chi connectivity index (χ1n) is 11.4. The van der Waals surface area contributed by atoms with Crippen LogP contribution in [0.15, 0.2) is 35.3 Å². The number of anilines is 1. The fourth-order valence-corrected chi connectivity index (χ4v) is 5.06. The standard InChI is InChI=1S/C24H31N3O4/c28-22(16-17-6-3-1-2-4-7-17)25-21-9-5-8-20-19(21)12-15-27(23(20)29)18-10-13-26(14-11-18)24(30)31/h5,8-9,12,15,17-18H,1-4,6-7,10-11,13-14,16H2,(H,25,28)(H,30,31). The summed E-state index contributed by atoms with van der Waals surface area (Å²) in [5.74, 6) is 0.469. The molecule has 2 aromatic rings. The average Bonchev–Trinajstić information content (AvgIpc) is 3.03. The maximum Gasteiger partial charge on any atom is 0.407 e. The highest BCUT2D eigenvalue weighted by atomic mass is 16.4. The molecule has 7 heteroatoms. The Hall–Kier alpha value is -2.83. The molecule has 1 aliphatic heterocycles. The van der Waals surface area contributed by atoms with E-state index in [2.05, 4.69) is 5.32 Å². The summed E-state index contributed by atoms with van der Waals surface area (Å²) in [6.45, 7) is 0.865. The summed E-state index contributed by atoms with van der Waals surface area (Å²) in [6.07, 6.45) is 9.84. The van der Waals surface area contributed by atoms with Crippen molar-refractivity contribution in [3.8, 4) is 0 Å². The number of nitrogens with one attached hydrogen (secondary N) is 1. The van der Waals surface area contributed by atoms with E-state index in [-0.39, 0.29) is 17.5 Å². The fourth-order valence-electron chi connectivity index (χ4n) is 5.06. The number of amides is 2. The zero-order valence-electron chi connectivity index (χ0n) is 17.9. The smallest absolute Gasteiger partial charge is 0.407 e. The Morgan fingerprint density at radius 1 is 0.968 bits per heavy atom. The minimum atomic E-state index is -0.909. The molecule has 2 amide bonds. The van der Waals surface area contributed by atoms with E-state index in [4.69, 9.17) is 5.11 Å². The highest BCUT2D eigenvalue weighted by molar-refractivity contribution is 6.01. The molecule has 0 atom stereocenters. The van der Waals surface area contributed by atoms with Gasteiger partial charge < -0.3 is 19.9 Å². The topological polar surface area (TPSA) is 91.6 Å². The number of nitrogens with zero attached hydrogens (tertiary/aromatic N) is 2. The summed E-state index contributed by atoms with van der Waals surface area (Å²) >= 11 is 0. The van der Waals surface area contributed by atoms with Crippen LogP contribution in [0.4, 0.5) is 10.5 Å². The number of aromatic nitrogens is 1. The van der Waals surface area contributed by atoms with E-state index in [1.165, 1.54) is 30.6 Å². The number of carbonyl (C=O) groups excluding carboxylic acids is 1. The number of likely N-dealkylation sites (tertiary alicyclic amines) is 1. The lowest BCUT2D eigenvalue weighted by atomic mass is 9.96. The second kappa shape index (κ2) is 9.54. The van der Waals surface area contributed by atoms with Gasteiger partial charge in [0.25, 0.3) is 5.56 Å². The van der Waals surface area contributed by atoms with Crippen LogP contribution in [-0.2, 0) is 4.79 Å². The summed E-state index contributed by atoms with van der Waals surface area (Å²) in [4.78, 5) is 38.4. The number of hydrogen-bond donors (Lipinski definition) is 2. The van der Waals surface area contributed by atoms with E-state index in [1.54, 1.807) is 16.8 Å². The Balaban J connectivity index is 1.50. The van der Waals surface area contributed by atoms with E-state index in [0.29, 0.717) is 49.3 Å². The largest absolute Gasteiger partial charge is 0.465 e. The monoisotopic (exact) mass is 425 g/mol. The first kappa shape index (κ1) is 21.4. The molecule has 1 saturated heterocycles. The van der Waals surface area contributed by atoms with Crippen LogP contribution in [0.3, 0.4) is 0 Å². The van der Waals surface area contributed by atoms with Crippen LogP contribution >= 0.6 is 0 Å². The predicted molar refractivity (Wildman–Crippen MR) is 121 cm³/mol. The zero-order valence-corrected chi connectivity index (χ0v) is 17.9. The molecule has 0 spiro atoms. The fraction of sp³-hybridized carbons (Fsp3) is 0.542. The van der Waals surface area contributed by atoms with Crippen LogP contribution in [0.5, 0.6) is 0 Å². The quantitative estimate of drug-likeness (QED) is 0.700. The summed E-state index contributed by atoms with van der Waals surface area (Å²) in [7, 11) is 0. The Bertz CT molecular complexity index is 1000. The summed E-state index contributed by atoms with van der Waals surface area (Å²) in [6, 6.07) is 7.33. The van der Waals surface area contributed by atoms with Crippen molar-refractivity contribution in [3.63, 3.8) is 0 Å². The molecule has 1 saturated carbocycles. The maximum absolute atomic E-state index is 13.2. The Kier molecular flexibility index (Phi) is 6.59. The first-order chi connectivity index (χ1) is 15.0. The Morgan fingerprint density at radius 3 is 2.35 bits per heavy atom. The lowest BCUT2D eigenvalue weighted by Gasteiger charge is -2.31. The summed E-state index contributed by atoms with van der Waals surface area (Å²) < 4.78 is 1.72. The molecule has 0 radical (unpaired) electrons. The van der Waals surface area contributed by atoms with Crippen molar-refractivity contribution in [2.45, 2.75) is 63.8 Å². The molecule has 1 aliphatic carbocycles. The number of carbonyl (C=O) groups is 2. The lowest BCUT2D eigenvalue weighted by Crippen LogP contribution is -2.40. The van der Waals surface area contributed by atoms with Crippen molar-refractivity contribution >= 4 is 28.5 Å². The Morgan fingerprint density at radius 2 is 1.68 bits per heavy atom. The number of pyridine rings is 1. The van der Waals surface area contributed by atoms with Gasteiger partial charge in [-0.1, -0.05) is 31.7 Å². The molecule has 31 heavy (non-hydrogen) atoms. The molecule has 1 aromatic heterocycles. The number of benzene rings is 1. The number of hydrogen-bond acceptors (Lipinski definition) is 3. The maximum atomic E-state index is 13.2. The second-order valence-electron chi connectivity index (χ2n) is 8.91. The average molecular weight is 426 g/mol. The van der Waals surface area contributed by atoms with Crippen molar-refractivity contribution in [1.82, 2.24) is 9.47 Å². The first-order valence-corrected chi connectivity index (χ1v) is 11.4. The molecule has 0 unspecified atom stereocenters. The van der Waals surface area contributed by atoms with Crippen molar-refractivity contribution < 1.29 is 14.7 Å². The van der Waals surface area contributed by atoms with Crippen molar-refractivity contribution in [2.24, 2.45) is 5.92 Å². The van der Waals surface area contributed by atoms with Gasteiger partial charge in [-0.2, -0.15) is 0 Å². The molecule has 7 nitrogen and oxygen atoms in total. The van der Waals surface area contributed by atoms with Gasteiger partial charge in [-0.05, 0) is 49.8 Å². The molecule has 2 aliphatic rings. The van der Waals surface area contributed by atoms with Crippen LogP contribution in [0.1, 0.15) is 63.8 Å². The molecule has 1 aromatic carbocycles. The third kappa shape index (κ3) is 4.92. The third-order valence-electron chi connectivity index (χ3n) is 6.82. The molecule has 0 bridgehead atoms. The second-order valence-corrected chi connectivity index (χ2v) is 8.91. The van der Waals surface area contributed by atoms with Gasteiger partial charge in [-0.25, -0.2) is 4.79 Å². The van der Waals surface area contributed by atoms with Gasteiger partial charge in [0, 0.05) is 48.2 Å². The van der Waals surface area contributed by atoms with Gasteiger partial charge in [-0.3, -0.25) is 9.59 Å². The van der Waals surface area contributed by atoms with Crippen molar-refractivity contribution in [2.75, 3.05) is 18.4 Å². The molecular weight excluding hydrogens is 394 g/mol. The van der Waals surface area contributed by atoms with Crippen LogP contribution in [0, 0.1) is 5.92 Å². The van der Waals surface area contributed by atoms with Gasteiger partial charge in [-0.15, -0.1) is 0 Å². The van der Waals surface area contributed by atoms with Crippen LogP contribution in [0.2, 0.25) is 0 Å².